The van der Waals surface area contributed by atoms with Crippen LogP contribution in [0.5, 0.6) is 11.5 Å². The van der Waals surface area contributed by atoms with E-state index >= 15 is 0 Å². The average molecular weight is 228 g/mol. The Hall–Kier alpha value is -1.96. The van der Waals surface area contributed by atoms with Gasteiger partial charge < -0.3 is 10.2 Å². The summed E-state index contributed by atoms with van der Waals surface area (Å²) in [6, 6.07) is 9.57. The van der Waals surface area contributed by atoms with Gasteiger partial charge in [-0.05, 0) is 60.7 Å². The lowest BCUT2D eigenvalue weighted by molar-refractivity contribution is 0.401. The van der Waals surface area contributed by atoms with Gasteiger partial charge in [-0.3, -0.25) is 0 Å². The van der Waals surface area contributed by atoms with Crippen molar-refractivity contribution in [3.8, 4) is 22.6 Å². The van der Waals surface area contributed by atoms with Gasteiger partial charge in [0.05, 0.1) is 0 Å². The van der Waals surface area contributed by atoms with Gasteiger partial charge in [0.25, 0.3) is 0 Å². The summed E-state index contributed by atoms with van der Waals surface area (Å²) in [4.78, 5) is 0. The summed E-state index contributed by atoms with van der Waals surface area (Å²) in [5.74, 6) is -0.111. The molecule has 0 aliphatic carbocycles. The quantitative estimate of drug-likeness (QED) is 0.731. The Balaban J connectivity index is 2.65. The molecule has 2 N–H and O–H groups in total. The highest BCUT2D eigenvalue weighted by atomic mass is 16.3. The van der Waals surface area contributed by atoms with Crippen LogP contribution < -0.4 is 0 Å². The van der Waals surface area contributed by atoms with E-state index in [0.29, 0.717) is 5.56 Å². The zero-order valence-electron chi connectivity index (χ0n) is 10.3. The van der Waals surface area contributed by atoms with Crippen LogP contribution in [0, 0.1) is 20.8 Å². The molecule has 0 unspecified atom stereocenters. The van der Waals surface area contributed by atoms with Gasteiger partial charge in [-0.2, -0.15) is 0 Å². The second kappa shape index (κ2) is 4.13. The first-order valence-electron chi connectivity index (χ1n) is 5.60. The van der Waals surface area contributed by atoms with Crippen molar-refractivity contribution < 1.29 is 10.2 Å². The van der Waals surface area contributed by atoms with Crippen LogP contribution in [-0.4, -0.2) is 10.2 Å². The van der Waals surface area contributed by atoms with Crippen LogP contribution >= 0.6 is 0 Å². The van der Waals surface area contributed by atoms with Gasteiger partial charge in [0.2, 0.25) is 0 Å². The lowest BCUT2D eigenvalue weighted by Gasteiger charge is -2.11. The maximum absolute atomic E-state index is 9.65. The van der Waals surface area contributed by atoms with Crippen LogP contribution in [0.2, 0.25) is 0 Å². The number of aryl methyl sites for hydroxylation is 2. The third kappa shape index (κ3) is 1.98. The summed E-state index contributed by atoms with van der Waals surface area (Å²) in [6.45, 7) is 5.90. The predicted molar refractivity (Wildman–Crippen MR) is 69.4 cm³/mol. The zero-order valence-corrected chi connectivity index (χ0v) is 10.3. The SMILES string of the molecule is Cc1cccc(-c2cc(C)c(O)c(O)c2)c1C. The van der Waals surface area contributed by atoms with E-state index in [0.717, 1.165) is 11.1 Å². The van der Waals surface area contributed by atoms with Crippen LogP contribution in [0.1, 0.15) is 16.7 Å². The minimum atomic E-state index is -0.0686. The summed E-state index contributed by atoms with van der Waals surface area (Å²) in [7, 11) is 0. The largest absolute Gasteiger partial charge is 0.504 e. The van der Waals surface area contributed by atoms with Crippen LogP contribution in [0.25, 0.3) is 11.1 Å². The van der Waals surface area contributed by atoms with Gasteiger partial charge in [-0.1, -0.05) is 18.2 Å². The molecule has 0 aromatic heterocycles. The van der Waals surface area contributed by atoms with Crippen molar-refractivity contribution in [2.75, 3.05) is 0 Å². The highest BCUT2D eigenvalue weighted by molar-refractivity contribution is 5.72. The Morgan fingerprint density at radius 3 is 2.24 bits per heavy atom. The third-order valence-corrected chi connectivity index (χ3v) is 3.20. The van der Waals surface area contributed by atoms with E-state index < -0.39 is 0 Å². The van der Waals surface area contributed by atoms with Gasteiger partial charge in [0, 0.05) is 0 Å². The van der Waals surface area contributed by atoms with E-state index in [-0.39, 0.29) is 11.5 Å². The van der Waals surface area contributed by atoms with Gasteiger partial charge >= 0.3 is 0 Å². The monoisotopic (exact) mass is 228 g/mol. The number of phenolic OH excluding ortho intramolecular Hbond substituents is 2. The Kier molecular flexibility index (Phi) is 2.80. The van der Waals surface area contributed by atoms with Crippen molar-refractivity contribution in [2.45, 2.75) is 20.8 Å². The van der Waals surface area contributed by atoms with Crippen molar-refractivity contribution in [1.82, 2.24) is 0 Å². The van der Waals surface area contributed by atoms with Gasteiger partial charge in [0.15, 0.2) is 11.5 Å². The summed E-state index contributed by atoms with van der Waals surface area (Å²) in [5, 5.41) is 19.2. The molecule has 2 nitrogen and oxygen atoms in total. The Morgan fingerprint density at radius 1 is 0.882 bits per heavy atom. The lowest BCUT2D eigenvalue weighted by atomic mass is 9.95. The van der Waals surface area contributed by atoms with Crippen molar-refractivity contribution in [1.29, 1.82) is 0 Å². The number of hydrogen-bond donors (Lipinski definition) is 2. The standard InChI is InChI=1S/C15H16O2/c1-9-5-4-6-13(11(9)3)12-7-10(2)15(17)14(16)8-12/h4-8,16-17H,1-3H3. The van der Waals surface area contributed by atoms with Crippen LogP contribution in [-0.2, 0) is 0 Å². The fourth-order valence-electron chi connectivity index (χ4n) is 1.98. The number of aromatic hydroxyl groups is 2. The van der Waals surface area contributed by atoms with E-state index in [2.05, 4.69) is 19.9 Å². The average Bonchev–Trinajstić information content (AvgIpc) is 2.29. The molecular weight excluding hydrogens is 212 g/mol. The number of rotatable bonds is 1. The minimum Gasteiger partial charge on any atom is -0.504 e. The van der Waals surface area contributed by atoms with Crippen molar-refractivity contribution in [3.63, 3.8) is 0 Å². The summed E-state index contributed by atoms with van der Waals surface area (Å²) in [5.41, 5.74) is 5.10. The molecule has 17 heavy (non-hydrogen) atoms. The molecule has 0 aliphatic rings. The molecule has 88 valence electrons. The molecule has 0 fully saturated rings. The number of hydrogen-bond acceptors (Lipinski definition) is 2. The zero-order chi connectivity index (χ0) is 12.6. The molecule has 2 rings (SSSR count). The Morgan fingerprint density at radius 2 is 1.59 bits per heavy atom. The first-order chi connectivity index (χ1) is 8.00. The molecule has 0 radical (unpaired) electrons. The normalized spacial score (nSPS) is 10.5. The molecule has 0 spiro atoms. The molecule has 0 saturated carbocycles. The molecule has 0 aliphatic heterocycles. The van der Waals surface area contributed by atoms with E-state index in [9.17, 15) is 10.2 Å². The van der Waals surface area contributed by atoms with E-state index in [1.165, 1.54) is 11.1 Å². The molecule has 2 aromatic carbocycles. The minimum absolute atomic E-state index is 0.0425. The van der Waals surface area contributed by atoms with Crippen molar-refractivity contribution >= 4 is 0 Å². The topological polar surface area (TPSA) is 40.5 Å². The molecular formula is C15H16O2. The van der Waals surface area contributed by atoms with Gasteiger partial charge in [0.1, 0.15) is 0 Å². The molecule has 2 heteroatoms. The third-order valence-electron chi connectivity index (χ3n) is 3.20. The van der Waals surface area contributed by atoms with Crippen molar-refractivity contribution in [2.24, 2.45) is 0 Å². The molecule has 0 heterocycles. The fourth-order valence-corrected chi connectivity index (χ4v) is 1.98. The number of benzene rings is 2. The Bertz CT molecular complexity index is 548. The van der Waals surface area contributed by atoms with Crippen LogP contribution in [0.4, 0.5) is 0 Å². The number of phenols is 2. The maximum atomic E-state index is 9.65. The fraction of sp³-hybridized carbons (Fsp3) is 0.200. The predicted octanol–water partition coefficient (Wildman–Crippen LogP) is 3.69. The molecule has 0 bridgehead atoms. The molecule has 0 atom stereocenters. The van der Waals surface area contributed by atoms with Crippen LogP contribution in [0.3, 0.4) is 0 Å². The smallest absolute Gasteiger partial charge is 0.160 e. The van der Waals surface area contributed by atoms with Gasteiger partial charge in [-0.25, -0.2) is 0 Å². The highest BCUT2D eigenvalue weighted by Gasteiger charge is 2.09. The Labute approximate surface area is 101 Å². The first kappa shape index (κ1) is 11.5. The van der Waals surface area contributed by atoms with E-state index in [1.54, 1.807) is 13.0 Å². The first-order valence-corrected chi connectivity index (χ1v) is 5.60. The maximum Gasteiger partial charge on any atom is 0.160 e. The summed E-state index contributed by atoms with van der Waals surface area (Å²) >= 11 is 0. The molecule has 0 saturated heterocycles. The van der Waals surface area contributed by atoms with Crippen LogP contribution in [0.15, 0.2) is 30.3 Å². The molecule has 2 aromatic rings. The molecule has 0 amide bonds. The van der Waals surface area contributed by atoms with Crippen molar-refractivity contribution in [3.05, 3.63) is 47.0 Å². The highest BCUT2D eigenvalue weighted by Crippen LogP contribution is 2.35. The summed E-state index contributed by atoms with van der Waals surface area (Å²) < 4.78 is 0. The second-order valence-electron chi connectivity index (χ2n) is 4.41. The lowest BCUT2D eigenvalue weighted by Crippen LogP contribution is -1.88. The van der Waals surface area contributed by atoms with E-state index in [4.69, 9.17) is 0 Å². The second-order valence-corrected chi connectivity index (χ2v) is 4.41. The summed E-state index contributed by atoms with van der Waals surface area (Å²) in [6.07, 6.45) is 0. The van der Waals surface area contributed by atoms with Gasteiger partial charge in [-0.15, -0.1) is 0 Å². The van der Waals surface area contributed by atoms with E-state index in [1.807, 2.05) is 18.2 Å².